The molecule has 0 spiro atoms. The number of carbonyl (C=O) groups excluding carboxylic acids is 1. The number of furan rings is 1. The highest BCUT2D eigenvalue weighted by Gasteiger charge is 2.31. The monoisotopic (exact) mass is 349 g/mol. The van der Waals surface area contributed by atoms with Gasteiger partial charge in [-0.05, 0) is 44.2 Å². The van der Waals surface area contributed by atoms with E-state index in [1.807, 2.05) is 0 Å². The van der Waals surface area contributed by atoms with Crippen LogP contribution in [-0.4, -0.2) is 15.7 Å². The Balaban J connectivity index is 2.03. The van der Waals surface area contributed by atoms with E-state index >= 15 is 0 Å². The van der Waals surface area contributed by atoms with Crippen LogP contribution in [0.15, 0.2) is 47.1 Å². The Morgan fingerprint density at radius 2 is 2.00 bits per heavy atom. The minimum Gasteiger partial charge on any atom is -0.466 e. The number of carbonyl (C=O) groups is 1. The summed E-state index contributed by atoms with van der Waals surface area (Å²) in [5, 5.41) is 6.53. The van der Waals surface area contributed by atoms with Crippen molar-refractivity contribution >= 4 is 11.6 Å². The van der Waals surface area contributed by atoms with Gasteiger partial charge in [-0.1, -0.05) is 0 Å². The van der Waals surface area contributed by atoms with E-state index in [4.69, 9.17) is 4.42 Å². The number of amides is 1. The maximum atomic E-state index is 13.0. The third-order valence-corrected chi connectivity index (χ3v) is 3.61. The summed E-state index contributed by atoms with van der Waals surface area (Å²) in [5.74, 6) is 0.378. The summed E-state index contributed by atoms with van der Waals surface area (Å²) < 4.78 is 45.7. The van der Waals surface area contributed by atoms with Crippen LogP contribution in [0.3, 0.4) is 0 Å². The van der Waals surface area contributed by atoms with Crippen LogP contribution in [0.5, 0.6) is 0 Å². The Morgan fingerprint density at radius 1 is 1.24 bits per heavy atom. The molecule has 0 atom stereocenters. The van der Waals surface area contributed by atoms with Gasteiger partial charge in [-0.3, -0.25) is 4.79 Å². The molecule has 0 aliphatic carbocycles. The molecule has 0 saturated heterocycles. The average Bonchev–Trinajstić information content (AvgIpc) is 3.16. The lowest BCUT2D eigenvalue weighted by Crippen LogP contribution is -2.16. The minimum atomic E-state index is -4.52. The molecule has 2 heterocycles. The first-order valence-electron chi connectivity index (χ1n) is 7.35. The number of hydrogen-bond donors (Lipinski definition) is 1. The number of nitrogens with zero attached hydrogens (tertiary/aromatic N) is 2. The van der Waals surface area contributed by atoms with Crippen molar-refractivity contribution in [1.29, 1.82) is 0 Å². The molecule has 2 aromatic heterocycles. The van der Waals surface area contributed by atoms with Crippen molar-refractivity contribution in [3.63, 3.8) is 0 Å². The molecular formula is C17H14F3N3O2. The summed E-state index contributed by atoms with van der Waals surface area (Å²) >= 11 is 0. The Bertz CT molecular complexity index is 912. The molecule has 8 heteroatoms. The van der Waals surface area contributed by atoms with Gasteiger partial charge in [0, 0.05) is 12.4 Å². The van der Waals surface area contributed by atoms with Crippen molar-refractivity contribution in [1.82, 2.24) is 9.78 Å². The third-order valence-electron chi connectivity index (χ3n) is 3.61. The summed E-state index contributed by atoms with van der Waals surface area (Å²) in [4.78, 5) is 12.4. The summed E-state index contributed by atoms with van der Waals surface area (Å²) in [6, 6.07) is 6.26. The molecule has 0 radical (unpaired) electrons. The zero-order valence-electron chi connectivity index (χ0n) is 13.4. The van der Waals surface area contributed by atoms with Crippen LogP contribution in [0.4, 0.5) is 18.9 Å². The number of rotatable bonds is 3. The molecule has 0 saturated carbocycles. The first kappa shape index (κ1) is 16.8. The van der Waals surface area contributed by atoms with Crippen LogP contribution in [0.25, 0.3) is 5.69 Å². The van der Waals surface area contributed by atoms with Gasteiger partial charge >= 0.3 is 6.18 Å². The SMILES string of the molecule is Cc1cc(C(=O)Nc2cc(C(F)(F)F)ccc2-n2cccn2)c(C)o1. The highest BCUT2D eigenvalue weighted by molar-refractivity contribution is 6.06. The first-order chi connectivity index (χ1) is 11.8. The molecule has 3 aromatic rings. The van der Waals surface area contributed by atoms with Crippen LogP contribution < -0.4 is 5.32 Å². The number of benzene rings is 1. The van der Waals surface area contributed by atoms with E-state index in [2.05, 4.69) is 10.4 Å². The number of nitrogens with one attached hydrogen (secondary N) is 1. The number of aryl methyl sites for hydroxylation is 2. The van der Waals surface area contributed by atoms with Crippen molar-refractivity contribution in [2.45, 2.75) is 20.0 Å². The Labute approximate surface area is 141 Å². The Kier molecular flexibility index (Phi) is 4.12. The van der Waals surface area contributed by atoms with Gasteiger partial charge in [-0.25, -0.2) is 4.68 Å². The molecule has 0 aliphatic rings. The van der Waals surface area contributed by atoms with Crippen molar-refractivity contribution in [3.05, 3.63) is 65.4 Å². The smallest absolute Gasteiger partial charge is 0.416 e. The van der Waals surface area contributed by atoms with Crippen molar-refractivity contribution in [2.24, 2.45) is 0 Å². The molecule has 1 N–H and O–H groups in total. The predicted octanol–water partition coefficient (Wildman–Crippen LogP) is 4.35. The van der Waals surface area contributed by atoms with E-state index in [-0.39, 0.29) is 11.3 Å². The maximum absolute atomic E-state index is 13.0. The van der Waals surface area contributed by atoms with Crippen LogP contribution in [-0.2, 0) is 6.18 Å². The lowest BCUT2D eigenvalue weighted by Gasteiger charge is -2.14. The Morgan fingerprint density at radius 3 is 2.56 bits per heavy atom. The topological polar surface area (TPSA) is 60.1 Å². The highest BCUT2D eigenvalue weighted by atomic mass is 19.4. The zero-order valence-corrected chi connectivity index (χ0v) is 13.4. The van der Waals surface area contributed by atoms with Crippen molar-refractivity contribution in [3.8, 4) is 5.69 Å². The van der Waals surface area contributed by atoms with Gasteiger partial charge in [0.15, 0.2) is 0 Å². The summed E-state index contributed by atoms with van der Waals surface area (Å²) in [7, 11) is 0. The lowest BCUT2D eigenvalue weighted by molar-refractivity contribution is -0.137. The standard InChI is InChI=1S/C17H14F3N3O2/c1-10-8-13(11(2)25-10)16(24)22-14-9-12(17(18,19)20)4-5-15(14)23-7-3-6-21-23/h3-9H,1-2H3,(H,22,24). The molecule has 130 valence electrons. The van der Waals surface area contributed by atoms with Gasteiger partial charge in [-0.2, -0.15) is 18.3 Å². The highest BCUT2D eigenvalue weighted by Crippen LogP contribution is 2.33. The van der Waals surface area contributed by atoms with Crippen LogP contribution >= 0.6 is 0 Å². The molecule has 5 nitrogen and oxygen atoms in total. The third kappa shape index (κ3) is 3.42. The van der Waals surface area contributed by atoms with Gasteiger partial charge < -0.3 is 9.73 Å². The first-order valence-corrected chi connectivity index (χ1v) is 7.35. The second-order valence-corrected chi connectivity index (χ2v) is 5.46. The molecule has 1 aromatic carbocycles. The van der Waals surface area contributed by atoms with Gasteiger partial charge in [0.05, 0.1) is 22.5 Å². The van der Waals surface area contributed by atoms with Crippen molar-refractivity contribution < 1.29 is 22.4 Å². The van der Waals surface area contributed by atoms with Crippen LogP contribution in [0.2, 0.25) is 0 Å². The molecule has 25 heavy (non-hydrogen) atoms. The van der Waals surface area contributed by atoms with E-state index in [1.165, 1.54) is 23.0 Å². The maximum Gasteiger partial charge on any atom is 0.416 e. The number of anilines is 1. The van der Waals surface area contributed by atoms with Crippen molar-refractivity contribution in [2.75, 3.05) is 5.32 Å². The fourth-order valence-corrected chi connectivity index (χ4v) is 2.47. The molecule has 0 aliphatic heterocycles. The van der Waals surface area contributed by atoms with E-state index in [0.717, 1.165) is 12.1 Å². The second-order valence-electron chi connectivity index (χ2n) is 5.46. The number of aromatic nitrogens is 2. The molecular weight excluding hydrogens is 335 g/mol. The van der Waals surface area contributed by atoms with E-state index < -0.39 is 17.6 Å². The van der Waals surface area contributed by atoms with Gasteiger partial charge in [0.1, 0.15) is 11.5 Å². The fourth-order valence-electron chi connectivity index (χ4n) is 2.47. The van der Waals surface area contributed by atoms with E-state index in [0.29, 0.717) is 17.2 Å². The largest absolute Gasteiger partial charge is 0.466 e. The normalized spacial score (nSPS) is 11.6. The number of alkyl halides is 3. The summed E-state index contributed by atoms with van der Waals surface area (Å²) in [6.07, 6.45) is -1.46. The quantitative estimate of drug-likeness (QED) is 0.765. The Hall–Kier alpha value is -3.03. The van der Waals surface area contributed by atoms with E-state index in [1.54, 1.807) is 26.1 Å². The summed E-state index contributed by atoms with van der Waals surface area (Å²) in [5.41, 5.74) is -0.272. The lowest BCUT2D eigenvalue weighted by atomic mass is 10.1. The molecule has 3 rings (SSSR count). The zero-order chi connectivity index (χ0) is 18.2. The molecule has 0 unspecified atom stereocenters. The van der Waals surface area contributed by atoms with Crippen LogP contribution in [0, 0.1) is 13.8 Å². The predicted molar refractivity (Wildman–Crippen MR) is 84.7 cm³/mol. The van der Waals surface area contributed by atoms with Gasteiger partial charge in [-0.15, -0.1) is 0 Å². The summed E-state index contributed by atoms with van der Waals surface area (Å²) in [6.45, 7) is 3.30. The van der Waals surface area contributed by atoms with Gasteiger partial charge in [0.2, 0.25) is 0 Å². The number of hydrogen-bond acceptors (Lipinski definition) is 3. The van der Waals surface area contributed by atoms with Gasteiger partial charge in [0.25, 0.3) is 5.91 Å². The average molecular weight is 349 g/mol. The molecule has 0 fully saturated rings. The second kappa shape index (κ2) is 6.12. The molecule has 0 bridgehead atoms. The minimum absolute atomic E-state index is 0.00165. The fraction of sp³-hybridized carbons (Fsp3) is 0.176. The van der Waals surface area contributed by atoms with Crippen LogP contribution in [0.1, 0.15) is 27.4 Å². The van der Waals surface area contributed by atoms with E-state index in [9.17, 15) is 18.0 Å². The number of halogens is 3. The molecule has 1 amide bonds.